The molecule has 6 nitrogen and oxygen atoms in total. The Morgan fingerprint density at radius 1 is 1.20 bits per heavy atom. The van der Waals surface area contributed by atoms with Gasteiger partial charge < -0.3 is 9.57 Å². The average molecular weight is 273 g/mol. The number of ether oxygens (including phenoxy) is 1. The molecule has 0 aromatic heterocycles. The van der Waals surface area contributed by atoms with Gasteiger partial charge in [0.1, 0.15) is 12.0 Å². The van der Waals surface area contributed by atoms with E-state index in [-0.39, 0.29) is 5.97 Å². The van der Waals surface area contributed by atoms with Crippen molar-refractivity contribution < 1.29 is 14.4 Å². The summed E-state index contributed by atoms with van der Waals surface area (Å²) >= 11 is 0. The van der Waals surface area contributed by atoms with E-state index in [1.54, 1.807) is 55.5 Å². The Balaban J connectivity index is 2.85. The van der Waals surface area contributed by atoms with Crippen LogP contribution in [0.25, 0.3) is 0 Å². The SMILES string of the molecule is CCC(=O)OC1=C\C=C/C=C/C=C/O/N=N/N=C\C=C\1. The topological polar surface area (TPSA) is 72.6 Å². The lowest BCUT2D eigenvalue weighted by Gasteiger charge is -2.01. The summed E-state index contributed by atoms with van der Waals surface area (Å²) in [5.74, 6) is 0.0993. The zero-order chi connectivity index (χ0) is 14.5. The molecule has 0 aromatic carbocycles. The van der Waals surface area contributed by atoms with Crippen molar-refractivity contribution >= 4 is 12.2 Å². The van der Waals surface area contributed by atoms with Crippen molar-refractivity contribution in [2.24, 2.45) is 15.6 Å². The number of esters is 1. The van der Waals surface area contributed by atoms with Gasteiger partial charge in [-0.1, -0.05) is 31.2 Å². The number of hydrogen-bond acceptors (Lipinski definition) is 6. The van der Waals surface area contributed by atoms with Gasteiger partial charge in [0.15, 0.2) is 0 Å². The second kappa shape index (κ2) is 10.2. The summed E-state index contributed by atoms with van der Waals surface area (Å²) in [5, 5.41) is 10.3. The maximum atomic E-state index is 11.3. The van der Waals surface area contributed by atoms with Crippen LogP contribution in [0.1, 0.15) is 13.3 Å². The molecule has 0 aromatic rings. The van der Waals surface area contributed by atoms with Crippen molar-refractivity contribution in [3.05, 3.63) is 60.6 Å². The molecule has 0 unspecified atom stereocenters. The quantitative estimate of drug-likeness (QED) is 0.724. The van der Waals surface area contributed by atoms with Crippen LogP contribution in [0.3, 0.4) is 0 Å². The first kappa shape index (κ1) is 15.3. The fraction of sp³-hybridized carbons (Fsp3) is 0.143. The molecule has 0 saturated carbocycles. The van der Waals surface area contributed by atoms with E-state index < -0.39 is 0 Å². The molecule has 1 aliphatic rings. The predicted molar refractivity (Wildman–Crippen MR) is 75.5 cm³/mol. The number of rotatable bonds is 2. The second-order valence-corrected chi connectivity index (χ2v) is 3.40. The van der Waals surface area contributed by atoms with Crippen LogP contribution in [-0.2, 0) is 14.4 Å². The van der Waals surface area contributed by atoms with E-state index in [9.17, 15) is 4.79 Å². The largest absolute Gasteiger partial charge is 0.427 e. The summed E-state index contributed by atoms with van der Waals surface area (Å²) < 4.78 is 5.13. The Hall–Kier alpha value is -2.76. The molecule has 0 radical (unpaired) electrons. The molecule has 6 heteroatoms. The van der Waals surface area contributed by atoms with Crippen molar-refractivity contribution in [3.8, 4) is 0 Å². The molecule has 1 rings (SSSR count). The first-order chi connectivity index (χ1) is 9.83. The Morgan fingerprint density at radius 2 is 2.00 bits per heavy atom. The van der Waals surface area contributed by atoms with Crippen molar-refractivity contribution in [1.82, 2.24) is 0 Å². The maximum absolute atomic E-state index is 11.3. The van der Waals surface area contributed by atoms with Crippen LogP contribution in [0.5, 0.6) is 0 Å². The fourth-order valence-corrected chi connectivity index (χ4v) is 1.03. The number of carbonyl (C=O) groups is 1. The van der Waals surface area contributed by atoms with Gasteiger partial charge in [0.05, 0.1) is 11.5 Å². The molecule has 1 aliphatic heterocycles. The van der Waals surface area contributed by atoms with E-state index in [4.69, 9.17) is 4.74 Å². The first-order valence-electron chi connectivity index (χ1n) is 5.99. The van der Waals surface area contributed by atoms with Crippen LogP contribution in [-0.4, -0.2) is 12.2 Å². The molecule has 0 bridgehead atoms. The molecule has 0 N–H and O–H groups in total. The molecule has 1 heterocycles. The van der Waals surface area contributed by atoms with Crippen molar-refractivity contribution in [2.45, 2.75) is 13.3 Å². The van der Waals surface area contributed by atoms with E-state index in [0.717, 1.165) is 0 Å². The van der Waals surface area contributed by atoms with Gasteiger partial charge in [-0.15, -0.1) is 5.10 Å². The number of carbonyl (C=O) groups excluding carboxylic acids is 1. The Kier molecular flexibility index (Phi) is 7.79. The third-order valence-corrected chi connectivity index (χ3v) is 1.91. The molecule has 104 valence electrons. The zero-order valence-corrected chi connectivity index (χ0v) is 11.0. The highest BCUT2D eigenvalue weighted by Gasteiger charge is 2.00. The minimum Gasteiger partial charge on any atom is -0.427 e. The standard InChI is InChI=1S/C14H15N3O3/c1-2-14(18)20-13-9-6-4-3-5-7-12-19-17-16-15-11-8-10-13/h3-12H,2H2,1H3/b5-3+,6-4-,10-8+,12-7+,13-9-,15-11-,17-16+. The van der Waals surface area contributed by atoms with E-state index >= 15 is 0 Å². The normalized spacial score (nSPS) is 27.4. The van der Waals surface area contributed by atoms with Crippen LogP contribution < -0.4 is 0 Å². The number of allylic oxidation sites excluding steroid dienone is 8. The highest BCUT2D eigenvalue weighted by molar-refractivity contribution is 5.73. The van der Waals surface area contributed by atoms with Crippen molar-refractivity contribution in [3.63, 3.8) is 0 Å². The third kappa shape index (κ3) is 7.54. The third-order valence-electron chi connectivity index (χ3n) is 1.91. The van der Waals surface area contributed by atoms with Gasteiger partial charge in [-0.25, -0.2) is 0 Å². The van der Waals surface area contributed by atoms with Gasteiger partial charge in [0.2, 0.25) is 0 Å². The predicted octanol–water partition coefficient (Wildman–Crippen LogP) is 3.39. The molecule has 20 heavy (non-hydrogen) atoms. The van der Waals surface area contributed by atoms with Gasteiger partial charge in [-0.2, -0.15) is 0 Å². The summed E-state index contributed by atoms with van der Waals surface area (Å²) in [6.07, 6.45) is 16.6. The molecule has 0 atom stereocenters. The molecular weight excluding hydrogens is 258 g/mol. The molecular formula is C14H15N3O3. The van der Waals surface area contributed by atoms with E-state index in [0.29, 0.717) is 12.2 Å². The maximum Gasteiger partial charge on any atom is 0.310 e. The molecule has 0 fully saturated rings. The molecule has 0 spiro atoms. The smallest absolute Gasteiger partial charge is 0.310 e. The van der Waals surface area contributed by atoms with E-state index in [2.05, 4.69) is 20.4 Å². The highest BCUT2D eigenvalue weighted by atomic mass is 16.6. The van der Waals surface area contributed by atoms with E-state index in [1.165, 1.54) is 12.5 Å². The van der Waals surface area contributed by atoms with Gasteiger partial charge in [-0.05, 0) is 29.5 Å². The van der Waals surface area contributed by atoms with Crippen LogP contribution in [0, 0.1) is 0 Å². The van der Waals surface area contributed by atoms with E-state index in [1.807, 2.05) is 0 Å². The number of hydrogen-bond donors (Lipinski definition) is 0. The van der Waals surface area contributed by atoms with Gasteiger partial charge in [0.25, 0.3) is 0 Å². The monoisotopic (exact) mass is 273 g/mol. The summed E-state index contributed by atoms with van der Waals surface area (Å²) in [6, 6.07) is 0. The lowest BCUT2D eigenvalue weighted by Crippen LogP contribution is -2.00. The molecule has 0 saturated heterocycles. The number of nitrogens with zero attached hydrogens (tertiary/aromatic N) is 3. The molecule has 0 aliphatic carbocycles. The van der Waals surface area contributed by atoms with Crippen LogP contribution in [0.4, 0.5) is 0 Å². The highest BCUT2D eigenvalue weighted by Crippen LogP contribution is 2.03. The average Bonchev–Trinajstić information content (AvgIpc) is 2.47. The second-order valence-electron chi connectivity index (χ2n) is 3.40. The van der Waals surface area contributed by atoms with Crippen LogP contribution >= 0.6 is 0 Å². The van der Waals surface area contributed by atoms with Gasteiger partial charge in [-0.3, -0.25) is 4.79 Å². The summed E-state index contributed by atoms with van der Waals surface area (Å²) in [5.41, 5.74) is 0. The molecule has 0 amide bonds. The lowest BCUT2D eigenvalue weighted by atomic mass is 10.3. The van der Waals surface area contributed by atoms with Gasteiger partial charge >= 0.3 is 5.97 Å². The minimum absolute atomic E-state index is 0.305. The van der Waals surface area contributed by atoms with Crippen LogP contribution in [0.15, 0.2) is 76.2 Å². The van der Waals surface area contributed by atoms with Crippen LogP contribution in [0.2, 0.25) is 0 Å². The summed E-state index contributed by atoms with van der Waals surface area (Å²) in [7, 11) is 0. The Labute approximate surface area is 117 Å². The Morgan fingerprint density at radius 3 is 2.85 bits per heavy atom. The first-order valence-corrected chi connectivity index (χ1v) is 5.99. The minimum atomic E-state index is -0.310. The summed E-state index contributed by atoms with van der Waals surface area (Å²) in [4.78, 5) is 16.0. The zero-order valence-electron chi connectivity index (χ0n) is 11.0. The Bertz CT molecular complexity index is 512. The lowest BCUT2D eigenvalue weighted by molar-refractivity contribution is -0.138. The fourth-order valence-electron chi connectivity index (χ4n) is 1.03. The van der Waals surface area contributed by atoms with Gasteiger partial charge in [0, 0.05) is 6.42 Å². The van der Waals surface area contributed by atoms with Crippen molar-refractivity contribution in [2.75, 3.05) is 0 Å². The summed E-state index contributed by atoms with van der Waals surface area (Å²) in [6.45, 7) is 1.73. The van der Waals surface area contributed by atoms with Crippen molar-refractivity contribution in [1.29, 1.82) is 0 Å².